The predicted octanol–water partition coefficient (Wildman–Crippen LogP) is 3.79. The Morgan fingerprint density at radius 1 is 1.07 bits per heavy atom. The van der Waals surface area contributed by atoms with Crippen LogP contribution in [0.5, 0.6) is 0 Å². The number of hydrogen-bond donors (Lipinski definition) is 0. The molecule has 2 fully saturated rings. The number of hydrogen-bond acceptors (Lipinski definition) is 4. The standard InChI is InChI=1S/C21H28N2O4S/c1-15-8-12-23(13-9-15)28(25,26)17-6-7-19-18(14-17)16(2)20(27-19)21(24)22-10-4-3-5-11-22/h6-7,14-15H,3-5,8-13H2,1-2H3. The molecule has 0 unspecified atom stereocenters. The molecule has 0 radical (unpaired) electrons. The third-order valence-corrected chi connectivity index (χ3v) is 8.02. The molecule has 7 heteroatoms. The van der Waals surface area contributed by atoms with Crippen molar-refractivity contribution in [3.63, 3.8) is 0 Å². The van der Waals surface area contributed by atoms with E-state index < -0.39 is 10.0 Å². The van der Waals surface area contributed by atoms with Crippen molar-refractivity contribution < 1.29 is 17.6 Å². The maximum Gasteiger partial charge on any atom is 0.289 e. The van der Waals surface area contributed by atoms with E-state index >= 15 is 0 Å². The lowest BCUT2D eigenvalue weighted by molar-refractivity contribution is 0.0693. The zero-order chi connectivity index (χ0) is 19.9. The van der Waals surface area contributed by atoms with Gasteiger partial charge < -0.3 is 9.32 Å². The van der Waals surface area contributed by atoms with Crippen molar-refractivity contribution >= 4 is 26.9 Å². The minimum absolute atomic E-state index is 0.0946. The van der Waals surface area contributed by atoms with E-state index in [9.17, 15) is 13.2 Å². The Morgan fingerprint density at radius 3 is 2.43 bits per heavy atom. The van der Waals surface area contributed by atoms with Crippen molar-refractivity contribution in [2.75, 3.05) is 26.2 Å². The van der Waals surface area contributed by atoms with E-state index in [1.807, 2.05) is 11.8 Å². The largest absolute Gasteiger partial charge is 0.451 e. The van der Waals surface area contributed by atoms with Gasteiger partial charge in [0.1, 0.15) is 5.58 Å². The molecule has 1 aromatic heterocycles. The lowest BCUT2D eigenvalue weighted by atomic mass is 10.0. The molecule has 4 rings (SSSR count). The molecule has 2 aliphatic heterocycles. The van der Waals surface area contributed by atoms with Gasteiger partial charge in [0.15, 0.2) is 5.76 Å². The highest BCUT2D eigenvalue weighted by atomic mass is 32.2. The van der Waals surface area contributed by atoms with Crippen LogP contribution in [0.15, 0.2) is 27.5 Å². The number of fused-ring (bicyclic) bond motifs is 1. The summed E-state index contributed by atoms with van der Waals surface area (Å²) in [5, 5.41) is 0.701. The summed E-state index contributed by atoms with van der Waals surface area (Å²) in [4.78, 5) is 15.0. The lowest BCUT2D eigenvalue weighted by Gasteiger charge is -2.29. The van der Waals surface area contributed by atoms with Crippen molar-refractivity contribution in [2.45, 2.75) is 50.8 Å². The second-order valence-corrected chi connectivity index (χ2v) is 10.1. The number of furan rings is 1. The Morgan fingerprint density at radius 2 is 1.75 bits per heavy atom. The quantitative estimate of drug-likeness (QED) is 0.780. The van der Waals surface area contributed by atoms with Crippen LogP contribution in [-0.2, 0) is 10.0 Å². The van der Waals surface area contributed by atoms with Crippen LogP contribution in [0.25, 0.3) is 11.0 Å². The zero-order valence-corrected chi connectivity index (χ0v) is 17.4. The molecule has 6 nitrogen and oxygen atoms in total. The van der Waals surface area contributed by atoms with E-state index in [-0.39, 0.29) is 10.8 Å². The Balaban J connectivity index is 1.66. The molecular formula is C21H28N2O4S. The molecule has 2 saturated heterocycles. The zero-order valence-electron chi connectivity index (χ0n) is 16.6. The molecule has 0 N–H and O–H groups in total. The molecule has 0 saturated carbocycles. The summed E-state index contributed by atoms with van der Waals surface area (Å²) in [6.07, 6.45) is 4.96. The Bertz CT molecular complexity index is 981. The average Bonchev–Trinajstić information content (AvgIpc) is 3.04. The highest BCUT2D eigenvalue weighted by molar-refractivity contribution is 7.89. The van der Waals surface area contributed by atoms with Crippen LogP contribution in [0.1, 0.15) is 55.1 Å². The third kappa shape index (κ3) is 3.46. The van der Waals surface area contributed by atoms with Crippen LogP contribution in [0.4, 0.5) is 0 Å². The van der Waals surface area contributed by atoms with Gasteiger partial charge in [-0.15, -0.1) is 0 Å². The number of carbonyl (C=O) groups is 1. The first kappa shape index (κ1) is 19.5. The highest BCUT2D eigenvalue weighted by Crippen LogP contribution is 2.31. The molecule has 2 aromatic rings. The van der Waals surface area contributed by atoms with Crippen molar-refractivity contribution in [3.05, 3.63) is 29.5 Å². The number of piperidine rings is 2. The fourth-order valence-electron chi connectivity index (χ4n) is 4.18. The van der Waals surface area contributed by atoms with Crippen LogP contribution in [0.2, 0.25) is 0 Å². The SMILES string of the molecule is Cc1c(C(=O)N2CCCCC2)oc2ccc(S(=O)(=O)N3CCC(C)CC3)cc12. The van der Waals surface area contributed by atoms with Crippen LogP contribution < -0.4 is 0 Å². The fourth-order valence-corrected chi connectivity index (χ4v) is 5.68. The lowest BCUT2D eigenvalue weighted by Crippen LogP contribution is -2.37. The number of sulfonamides is 1. The Labute approximate surface area is 166 Å². The summed E-state index contributed by atoms with van der Waals surface area (Å²) in [5.74, 6) is 0.800. The van der Waals surface area contributed by atoms with Gasteiger partial charge >= 0.3 is 0 Å². The topological polar surface area (TPSA) is 70.8 Å². The van der Waals surface area contributed by atoms with Gasteiger partial charge in [-0.2, -0.15) is 4.31 Å². The van der Waals surface area contributed by atoms with Crippen molar-refractivity contribution in [3.8, 4) is 0 Å². The smallest absolute Gasteiger partial charge is 0.289 e. The summed E-state index contributed by atoms with van der Waals surface area (Å²) in [7, 11) is -3.53. The van der Waals surface area contributed by atoms with Gasteiger partial charge in [-0.3, -0.25) is 4.79 Å². The van der Waals surface area contributed by atoms with Gasteiger partial charge in [0, 0.05) is 37.1 Å². The summed E-state index contributed by atoms with van der Waals surface area (Å²) in [6, 6.07) is 4.93. The van der Waals surface area contributed by atoms with Crippen LogP contribution in [0.3, 0.4) is 0 Å². The van der Waals surface area contributed by atoms with Crippen LogP contribution in [-0.4, -0.2) is 49.7 Å². The number of carbonyl (C=O) groups excluding carboxylic acids is 1. The molecule has 1 aromatic carbocycles. The van der Waals surface area contributed by atoms with E-state index in [2.05, 4.69) is 6.92 Å². The van der Waals surface area contributed by atoms with Gasteiger partial charge in [0.25, 0.3) is 5.91 Å². The molecule has 2 aliphatic rings. The van der Waals surface area contributed by atoms with Gasteiger partial charge in [0.2, 0.25) is 10.0 Å². The second-order valence-electron chi connectivity index (χ2n) is 8.15. The normalized spacial score (nSPS) is 20.0. The van der Waals surface area contributed by atoms with E-state index in [1.165, 1.54) is 0 Å². The maximum absolute atomic E-state index is 13.1. The number of amides is 1. The molecule has 0 bridgehead atoms. The first-order valence-electron chi connectivity index (χ1n) is 10.2. The summed E-state index contributed by atoms with van der Waals surface area (Å²) in [5.41, 5.74) is 1.28. The average molecular weight is 405 g/mol. The molecule has 0 aliphatic carbocycles. The second kappa shape index (κ2) is 7.52. The number of likely N-dealkylation sites (tertiary alicyclic amines) is 1. The third-order valence-electron chi connectivity index (χ3n) is 6.13. The first-order valence-corrected chi connectivity index (χ1v) is 11.6. The van der Waals surface area contributed by atoms with Gasteiger partial charge in [-0.05, 0) is 63.1 Å². The summed E-state index contributed by atoms with van der Waals surface area (Å²) in [6.45, 7) is 6.62. The maximum atomic E-state index is 13.1. The fraction of sp³-hybridized carbons (Fsp3) is 0.571. The molecule has 1 amide bonds. The predicted molar refractivity (Wildman–Crippen MR) is 108 cm³/mol. The summed E-state index contributed by atoms with van der Waals surface area (Å²) < 4.78 is 33.5. The highest BCUT2D eigenvalue weighted by Gasteiger charge is 2.30. The monoisotopic (exact) mass is 404 g/mol. The number of rotatable bonds is 3. The van der Waals surface area contributed by atoms with Crippen LogP contribution in [0, 0.1) is 12.8 Å². The molecule has 28 heavy (non-hydrogen) atoms. The number of benzene rings is 1. The minimum Gasteiger partial charge on any atom is -0.451 e. The van der Waals surface area contributed by atoms with Crippen LogP contribution >= 0.6 is 0 Å². The van der Waals surface area contributed by atoms with Crippen molar-refractivity contribution in [1.82, 2.24) is 9.21 Å². The van der Waals surface area contributed by atoms with Crippen molar-refractivity contribution in [1.29, 1.82) is 0 Å². The first-order chi connectivity index (χ1) is 13.4. The van der Waals surface area contributed by atoms with Gasteiger partial charge in [-0.25, -0.2) is 8.42 Å². The molecule has 3 heterocycles. The number of nitrogens with zero attached hydrogens (tertiary/aromatic N) is 2. The van der Waals surface area contributed by atoms with E-state index in [0.29, 0.717) is 35.7 Å². The molecule has 0 atom stereocenters. The number of aryl methyl sites for hydroxylation is 1. The molecule has 0 spiro atoms. The van der Waals surface area contributed by atoms with E-state index in [1.54, 1.807) is 22.5 Å². The summed E-state index contributed by atoms with van der Waals surface area (Å²) >= 11 is 0. The molecule has 152 valence electrons. The Hall–Kier alpha value is -1.86. The van der Waals surface area contributed by atoms with Crippen molar-refractivity contribution in [2.24, 2.45) is 5.92 Å². The van der Waals surface area contributed by atoms with E-state index in [4.69, 9.17) is 4.42 Å². The van der Waals surface area contributed by atoms with E-state index in [0.717, 1.165) is 50.8 Å². The van der Waals surface area contributed by atoms with Gasteiger partial charge in [-0.1, -0.05) is 6.92 Å². The molecular weight excluding hydrogens is 376 g/mol. The minimum atomic E-state index is -3.53. The van der Waals surface area contributed by atoms with Gasteiger partial charge in [0.05, 0.1) is 4.90 Å². The Kier molecular flexibility index (Phi) is 5.22.